The summed E-state index contributed by atoms with van der Waals surface area (Å²) in [6.45, 7) is 5.07. The molecule has 128 valence electrons. The third-order valence-electron chi connectivity index (χ3n) is 4.35. The fraction of sp³-hybridized carbons (Fsp3) is 0.588. The maximum Gasteiger partial charge on any atom is 0.252 e. The van der Waals surface area contributed by atoms with Crippen molar-refractivity contribution < 1.29 is 9.18 Å². The Bertz CT molecular complexity index is 554. The first-order valence-electron chi connectivity index (χ1n) is 8.16. The van der Waals surface area contributed by atoms with Crippen molar-refractivity contribution in [3.8, 4) is 0 Å². The molecule has 3 nitrogen and oxygen atoms in total. The SMILES string of the molecule is C[C@@H]1CCCCN1CCCCNC(=O)c1cc(F)c(Cl)cc1Cl. The van der Waals surface area contributed by atoms with Crippen LogP contribution >= 0.6 is 23.2 Å². The van der Waals surface area contributed by atoms with E-state index in [1.54, 1.807) is 0 Å². The van der Waals surface area contributed by atoms with E-state index in [2.05, 4.69) is 17.1 Å². The number of hydrogen-bond donors (Lipinski definition) is 1. The lowest BCUT2D eigenvalue weighted by Crippen LogP contribution is -2.38. The van der Waals surface area contributed by atoms with Crippen LogP contribution in [-0.2, 0) is 0 Å². The molecule has 1 aliphatic rings. The Morgan fingerprint density at radius 1 is 1.30 bits per heavy atom. The van der Waals surface area contributed by atoms with Crippen LogP contribution in [0.3, 0.4) is 0 Å². The van der Waals surface area contributed by atoms with Gasteiger partial charge in [0.25, 0.3) is 5.91 Å². The van der Waals surface area contributed by atoms with E-state index in [0.29, 0.717) is 12.6 Å². The molecule has 0 unspecified atom stereocenters. The van der Waals surface area contributed by atoms with Gasteiger partial charge in [0.1, 0.15) is 5.82 Å². The summed E-state index contributed by atoms with van der Waals surface area (Å²) in [6, 6.07) is 3.00. The zero-order valence-corrected chi connectivity index (χ0v) is 14.9. The highest BCUT2D eigenvalue weighted by Gasteiger charge is 2.17. The van der Waals surface area contributed by atoms with Crippen LogP contribution in [0.1, 0.15) is 49.4 Å². The van der Waals surface area contributed by atoms with Crippen LogP contribution in [0.15, 0.2) is 12.1 Å². The first kappa shape index (κ1) is 18.5. The van der Waals surface area contributed by atoms with Crippen molar-refractivity contribution >= 4 is 29.1 Å². The van der Waals surface area contributed by atoms with E-state index < -0.39 is 5.82 Å². The Kier molecular flexibility index (Phi) is 7.12. The molecule has 23 heavy (non-hydrogen) atoms. The summed E-state index contributed by atoms with van der Waals surface area (Å²) in [5.41, 5.74) is 0.123. The van der Waals surface area contributed by atoms with Gasteiger partial charge in [-0.2, -0.15) is 0 Å². The minimum Gasteiger partial charge on any atom is -0.352 e. The number of nitrogens with zero attached hydrogens (tertiary/aromatic N) is 1. The summed E-state index contributed by atoms with van der Waals surface area (Å²) in [5.74, 6) is -1.00. The molecule has 1 saturated heterocycles. The monoisotopic (exact) mass is 360 g/mol. The molecule has 1 aliphatic heterocycles. The number of nitrogens with one attached hydrogen (secondary N) is 1. The van der Waals surface area contributed by atoms with Gasteiger partial charge < -0.3 is 10.2 Å². The number of hydrogen-bond acceptors (Lipinski definition) is 2. The van der Waals surface area contributed by atoms with Gasteiger partial charge in [-0.05, 0) is 57.8 Å². The van der Waals surface area contributed by atoms with Crippen molar-refractivity contribution in [2.45, 2.75) is 45.1 Å². The average molecular weight is 361 g/mol. The van der Waals surface area contributed by atoms with Crippen LogP contribution in [0.5, 0.6) is 0 Å². The molecule has 1 N–H and O–H groups in total. The van der Waals surface area contributed by atoms with Crippen molar-refractivity contribution in [1.29, 1.82) is 0 Å². The molecule has 1 amide bonds. The summed E-state index contributed by atoms with van der Waals surface area (Å²) in [7, 11) is 0. The summed E-state index contributed by atoms with van der Waals surface area (Å²) >= 11 is 11.6. The largest absolute Gasteiger partial charge is 0.352 e. The molecular weight excluding hydrogens is 338 g/mol. The number of halogens is 3. The van der Waals surface area contributed by atoms with Crippen LogP contribution in [0, 0.1) is 5.82 Å². The van der Waals surface area contributed by atoms with E-state index in [0.717, 1.165) is 25.5 Å². The average Bonchev–Trinajstić information content (AvgIpc) is 2.52. The molecule has 1 atom stereocenters. The molecule has 0 saturated carbocycles. The fourth-order valence-electron chi connectivity index (χ4n) is 2.92. The fourth-order valence-corrected chi connectivity index (χ4v) is 3.39. The zero-order valence-electron chi connectivity index (χ0n) is 13.4. The number of carbonyl (C=O) groups excluding carboxylic acids is 1. The molecule has 1 heterocycles. The van der Waals surface area contributed by atoms with Crippen LogP contribution < -0.4 is 5.32 Å². The second-order valence-corrected chi connectivity index (χ2v) is 6.90. The topological polar surface area (TPSA) is 32.3 Å². The summed E-state index contributed by atoms with van der Waals surface area (Å²) in [4.78, 5) is 14.5. The molecule has 1 fully saturated rings. The quantitative estimate of drug-likeness (QED) is 0.597. The molecule has 0 spiro atoms. The molecule has 0 radical (unpaired) electrons. The van der Waals surface area contributed by atoms with Gasteiger partial charge in [0.05, 0.1) is 15.6 Å². The van der Waals surface area contributed by atoms with Gasteiger partial charge in [-0.3, -0.25) is 4.79 Å². The van der Waals surface area contributed by atoms with E-state index in [-0.39, 0.29) is 21.5 Å². The van der Waals surface area contributed by atoms with Gasteiger partial charge in [-0.15, -0.1) is 0 Å². The van der Waals surface area contributed by atoms with Crippen LogP contribution in [-0.4, -0.2) is 36.5 Å². The van der Waals surface area contributed by atoms with E-state index >= 15 is 0 Å². The third kappa shape index (κ3) is 5.33. The lowest BCUT2D eigenvalue weighted by molar-refractivity contribution is 0.0951. The minimum atomic E-state index is -0.639. The van der Waals surface area contributed by atoms with E-state index in [1.807, 2.05) is 0 Å². The molecule has 6 heteroatoms. The maximum atomic E-state index is 13.4. The van der Waals surface area contributed by atoms with Crippen molar-refractivity contribution in [2.24, 2.45) is 0 Å². The lowest BCUT2D eigenvalue weighted by atomic mass is 10.0. The van der Waals surface area contributed by atoms with E-state index in [1.165, 1.54) is 31.9 Å². The Labute approximate surface area is 147 Å². The van der Waals surface area contributed by atoms with Gasteiger partial charge in [0.2, 0.25) is 0 Å². The third-order valence-corrected chi connectivity index (χ3v) is 4.96. The van der Waals surface area contributed by atoms with Crippen molar-refractivity contribution in [1.82, 2.24) is 10.2 Å². The number of benzene rings is 1. The molecule has 0 bridgehead atoms. The summed E-state index contributed by atoms with van der Waals surface area (Å²) < 4.78 is 13.4. The first-order valence-corrected chi connectivity index (χ1v) is 8.91. The minimum absolute atomic E-state index is 0.0813. The number of likely N-dealkylation sites (tertiary alicyclic amines) is 1. The van der Waals surface area contributed by atoms with Gasteiger partial charge in [-0.1, -0.05) is 29.6 Å². The molecule has 0 aromatic heterocycles. The van der Waals surface area contributed by atoms with Crippen LogP contribution in [0.25, 0.3) is 0 Å². The van der Waals surface area contributed by atoms with Crippen LogP contribution in [0.4, 0.5) is 4.39 Å². The maximum absolute atomic E-state index is 13.4. The van der Waals surface area contributed by atoms with Crippen molar-refractivity contribution in [3.63, 3.8) is 0 Å². The Morgan fingerprint density at radius 3 is 2.83 bits per heavy atom. The highest BCUT2D eigenvalue weighted by Crippen LogP contribution is 2.24. The Morgan fingerprint density at radius 2 is 2.09 bits per heavy atom. The van der Waals surface area contributed by atoms with Gasteiger partial charge in [0, 0.05) is 12.6 Å². The van der Waals surface area contributed by atoms with Gasteiger partial charge in [0.15, 0.2) is 0 Å². The molecule has 2 rings (SSSR count). The number of piperidine rings is 1. The molecule has 0 aliphatic carbocycles. The predicted octanol–water partition coefficient (Wildman–Crippen LogP) is 4.52. The van der Waals surface area contributed by atoms with E-state index in [9.17, 15) is 9.18 Å². The summed E-state index contributed by atoms with van der Waals surface area (Å²) in [5, 5.41) is 2.87. The number of amides is 1. The van der Waals surface area contributed by atoms with Gasteiger partial charge in [-0.25, -0.2) is 4.39 Å². The number of carbonyl (C=O) groups is 1. The zero-order chi connectivity index (χ0) is 16.8. The molecule has 1 aromatic rings. The summed E-state index contributed by atoms with van der Waals surface area (Å²) in [6.07, 6.45) is 5.81. The predicted molar refractivity (Wildman–Crippen MR) is 92.9 cm³/mol. The Balaban J connectivity index is 1.72. The standard InChI is InChI=1S/C17H23Cl2FN2O/c1-12-6-2-4-8-22(12)9-5-3-7-21-17(23)13-10-16(20)15(19)11-14(13)18/h10-12H,2-9H2,1H3,(H,21,23)/t12-/m1/s1. The van der Waals surface area contributed by atoms with Crippen molar-refractivity contribution in [3.05, 3.63) is 33.6 Å². The highest BCUT2D eigenvalue weighted by molar-refractivity contribution is 6.36. The number of rotatable bonds is 6. The molecular formula is C17H23Cl2FN2O. The number of unbranched alkanes of at least 4 members (excludes halogenated alkanes) is 1. The smallest absolute Gasteiger partial charge is 0.252 e. The second-order valence-electron chi connectivity index (χ2n) is 6.09. The van der Waals surface area contributed by atoms with Crippen LogP contribution in [0.2, 0.25) is 10.0 Å². The molecule has 1 aromatic carbocycles. The highest BCUT2D eigenvalue weighted by atomic mass is 35.5. The second kappa shape index (κ2) is 8.86. The van der Waals surface area contributed by atoms with E-state index in [4.69, 9.17) is 23.2 Å². The van der Waals surface area contributed by atoms with Gasteiger partial charge >= 0.3 is 0 Å². The first-order chi connectivity index (χ1) is 11.0. The lowest BCUT2D eigenvalue weighted by Gasteiger charge is -2.33. The van der Waals surface area contributed by atoms with Crippen molar-refractivity contribution in [2.75, 3.05) is 19.6 Å². The Hall–Kier alpha value is -0.840. The normalized spacial score (nSPS) is 18.9.